The van der Waals surface area contributed by atoms with E-state index in [0.29, 0.717) is 48.6 Å². The number of unbranched alkanes of at least 4 members (excludes halogenated alkanes) is 14. The molecule has 0 aromatic heterocycles. The molecular weight excluding hydrogens is 825 g/mol. The van der Waals surface area contributed by atoms with Crippen LogP contribution in [0.2, 0.25) is 0 Å². The molecule has 5 rings (SSSR count). The summed E-state index contributed by atoms with van der Waals surface area (Å²) in [5.41, 5.74) is 4.08. The van der Waals surface area contributed by atoms with Gasteiger partial charge in [0.2, 0.25) is 11.8 Å². The van der Waals surface area contributed by atoms with Gasteiger partial charge in [-0.1, -0.05) is 89.9 Å². The molecule has 2 atom stereocenters. The molecule has 0 spiro atoms. The van der Waals surface area contributed by atoms with Crippen LogP contribution in [-0.2, 0) is 9.59 Å². The molecule has 0 bridgehead atoms. The van der Waals surface area contributed by atoms with Crippen molar-refractivity contribution >= 4 is 34.6 Å². The molecular formula is C54H68N8O4. The molecule has 66 heavy (non-hydrogen) atoms. The monoisotopic (exact) mass is 893 g/mol. The van der Waals surface area contributed by atoms with Gasteiger partial charge in [0.1, 0.15) is 11.5 Å². The fourth-order valence-electron chi connectivity index (χ4n) is 7.97. The lowest BCUT2D eigenvalue weighted by molar-refractivity contribution is -0.125. The molecule has 348 valence electrons. The van der Waals surface area contributed by atoms with Crippen molar-refractivity contribution in [3.05, 3.63) is 108 Å². The van der Waals surface area contributed by atoms with Gasteiger partial charge in [-0.05, 0) is 136 Å². The second-order valence-corrected chi connectivity index (χ2v) is 17.2. The van der Waals surface area contributed by atoms with Gasteiger partial charge >= 0.3 is 0 Å². The third-order valence-corrected chi connectivity index (χ3v) is 11.8. The molecule has 12 heteroatoms. The third kappa shape index (κ3) is 20.6. The maximum absolute atomic E-state index is 12.8. The van der Waals surface area contributed by atoms with Crippen LogP contribution in [0.3, 0.4) is 0 Å². The lowest BCUT2D eigenvalue weighted by Crippen LogP contribution is -2.53. The van der Waals surface area contributed by atoms with Crippen molar-refractivity contribution in [2.45, 2.75) is 153 Å². The van der Waals surface area contributed by atoms with Crippen LogP contribution in [0.15, 0.2) is 118 Å². The highest BCUT2D eigenvalue weighted by Gasteiger charge is 2.27. The number of hydrogen-bond acceptors (Lipinski definition) is 10. The summed E-state index contributed by atoms with van der Waals surface area (Å²) < 4.78 is 11.8. The zero-order valence-electron chi connectivity index (χ0n) is 38.7. The molecule has 12 nitrogen and oxygen atoms in total. The quantitative estimate of drug-likeness (QED) is 0.0389. The van der Waals surface area contributed by atoms with Crippen LogP contribution < -0.4 is 20.1 Å². The van der Waals surface area contributed by atoms with Crippen molar-refractivity contribution < 1.29 is 19.1 Å². The predicted octanol–water partition coefficient (Wildman–Crippen LogP) is 14.3. The zero-order valence-corrected chi connectivity index (χ0v) is 38.7. The largest absolute Gasteiger partial charge is 0.494 e. The number of nitriles is 2. The molecule has 2 N–H and O–H groups in total. The molecule has 2 amide bonds. The van der Waals surface area contributed by atoms with Crippen molar-refractivity contribution in [3.8, 4) is 23.6 Å². The summed E-state index contributed by atoms with van der Waals surface area (Å²) in [6.07, 6.45) is 22.8. The number of rotatable bonds is 30. The highest BCUT2D eigenvalue weighted by atomic mass is 16.5. The van der Waals surface area contributed by atoms with E-state index in [9.17, 15) is 9.59 Å². The van der Waals surface area contributed by atoms with Crippen LogP contribution in [-0.4, -0.2) is 37.1 Å². The summed E-state index contributed by atoms with van der Waals surface area (Å²) >= 11 is 0. The molecule has 2 unspecified atom stereocenters. The second kappa shape index (κ2) is 30.7. The Morgan fingerprint density at radius 1 is 0.439 bits per heavy atom. The zero-order chi connectivity index (χ0) is 46.3. The second-order valence-electron chi connectivity index (χ2n) is 17.2. The maximum atomic E-state index is 12.8. The van der Waals surface area contributed by atoms with E-state index in [4.69, 9.17) is 20.0 Å². The Kier molecular flexibility index (Phi) is 23.5. The van der Waals surface area contributed by atoms with Gasteiger partial charge in [-0.25, -0.2) is 0 Å². The molecule has 4 aromatic rings. The van der Waals surface area contributed by atoms with E-state index < -0.39 is 0 Å². The number of hydrogen-bond donors (Lipinski definition) is 2. The third-order valence-electron chi connectivity index (χ3n) is 11.8. The average Bonchev–Trinajstić information content (AvgIpc) is 3.35. The predicted molar refractivity (Wildman–Crippen MR) is 260 cm³/mol. The first kappa shape index (κ1) is 50.6. The van der Waals surface area contributed by atoms with E-state index in [-0.39, 0.29) is 23.9 Å². The normalized spacial score (nSPS) is 14.7. The highest BCUT2D eigenvalue weighted by Crippen LogP contribution is 2.24. The van der Waals surface area contributed by atoms with Gasteiger partial charge in [0.15, 0.2) is 0 Å². The number of benzene rings is 4. The van der Waals surface area contributed by atoms with Crippen LogP contribution in [0.25, 0.3) is 0 Å². The molecule has 0 heterocycles. The summed E-state index contributed by atoms with van der Waals surface area (Å²) in [7, 11) is 0. The van der Waals surface area contributed by atoms with E-state index >= 15 is 0 Å². The van der Waals surface area contributed by atoms with E-state index in [2.05, 4.69) is 43.2 Å². The smallest absolute Gasteiger partial charge is 0.220 e. The molecule has 0 radical (unpaired) electrons. The van der Waals surface area contributed by atoms with Crippen LogP contribution in [0.1, 0.15) is 152 Å². The van der Waals surface area contributed by atoms with Crippen molar-refractivity contribution in [1.82, 2.24) is 10.6 Å². The average molecular weight is 893 g/mol. The highest BCUT2D eigenvalue weighted by molar-refractivity contribution is 5.78. The summed E-state index contributed by atoms with van der Waals surface area (Å²) in [6.45, 7) is 1.37. The number of carbonyl (C=O) groups is 2. The van der Waals surface area contributed by atoms with Crippen LogP contribution in [0, 0.1) is 22.7 Å². The van der Waals surface area contributed by atoms with Crippen molar-refractivity contribution in [3.63, 3.8) is 0 Å². The van der Waals surface area contributed by atoms with E-state index in [1.807, 2.05) is 48.5 Å². The summed E-state index contributed by atoms with van der Waals surface area (Å²) in [5, 5.41) is 41.3. The van der Waals surface area contributed by atoms with Gasteiger partial charge in [0.05, 0.1) is 59.2 Å². The fraction of sp³-hybridized carbons (Fsp3) is 0.481. The first-order valence-electron chi connectivity index (χ1n) is 24.4. The Hall–Kier alpha value is -6.40. The van der Waals surface area contributed by atoms with Gasteiger partial charge in [0.25, 0.3) is 0 Å². The number of carbonyl (C=O) groups excluding carboxylic acids is 2. The van der Waals surface area contributed by atoms with Gasteiger partial charge in [-0.15, -0.1) is 0 Å². The summed E-state index contributed by atoms with van der Waals surface area (Å²) in [5.74, 6) is 1.87. The number of azo groups is 2. The standard InChI is InChI=1S/C54H68N8O4/c55-41-43-23-27-45(28-24-43)59-61-47-31-35-49(36-32-47)65-39-17-11-7-3-1-5-9-13-21-53(63)57-51-19-15-16-20-52(51)58-54(64)22-14-10-6-2-4-8-12-18-40-66-50-37-33-48(34-38-50)62-60-46-29-25-44(42-56)26-30-46/h23-38,51-52H,1-22,39-40H2,(H,57,63)(H,58,64). The van der Waals surface area contributed by atoms with Gasteiger partial charge in [-0.3, -0.25) is 9.59 Å². The Balaban J connectivity index is 0.792. The van der Waals surface area contributed by atoms with Gasteiger partial charge in [-0.2, -0.15) is 31.0 Å². The first-order chi connectivity index (χ1) is 32.5. The Morgan fingerprint density at radius 3 is 1.05 bits per heavy atom. The molecule has 0 saturated heterocycles. The van der Waals surface area contributed by atoms with Crippen molar-refractivity contribution in [2.24, 2.45) is 20.5 Å². The van der Waals surface area contributed by atoms with Crippen LogP contribution >= 0.6 is 0 Å². The minimum atomic E-state index is 0.0336. The topological polar surface area (TPSA) is 174 Å². The SMILES string of the molecule is N#Cc1ccc(N=Nc2ccc(OCCCCCCCCCCC(=O)NC3CCCCC3NC(=O)CCCCCCCCCCOc3ccc(N=Nc4ccc(C#N)cc4)cc3)cc2)cc1. The van der Waals surface area contributed by atoms with Crippen LogP contribution in [0.4, 0.5) is 22.7 Å². The Bertz CT molecular complexity index is 1990. The van der Waals surface area contributed by atoms with Gasteiger partial charge in [0, 0.05) is 24.9 Å². The lowest BCUT2D eigenvalue weighted by atomic mass is 9.90. The maximum Gasteiger partial charge on any atom is 0.220 e. The molecule has 1 fully saturated rings. The molecule has 1 aliphatic rings. The summed E-state index contributed by atoms with van der Waals surface area (Å²) in [4.78, 5) is 25.7. The molecule has 4 aromatic carbocycles. The molecule has 0 aliphatic heterocycles. The van der Waals surface area contributed by atoms with E-state index in [1.54, 1.807) is 48.5 Å². The van der Waals surface area contributed by atoms with E-state index in [0.717, 1.165) is 113 Å². The lowest BCUT2D eigenvalue weighted by Gasteiger charge is -2.33. The number of nitrogens with one attached hydrogen (secondary N) is 2. The van der Waals surface area contributed by atoms with Crippen molar-refractivity contribution in [2.75, 3.05) is 13.2 Å². The number of nitrogens with zero attached hydrogens (tertiary/aromatic N) is 6. The number of amides is 2. The molecule has 1 aliphatic carbocycles. The van der Waals surface area contributed by atoms with E-state index in [1.165, 1.54) is 38.5 Å². The fourth-order valence-corrected chi connectivity index (χ4v) is 7.97. The Morgan fingerprint density at radius 2 is 0.727 bits per heavy atom. The summed E-state index contributed by atoms with van der Waals surface area (Å²) in [6, 6.07) is 33.4. The van der Waals surface area contributed by atoms with Crippen molar-refractivity contribution in [1.29, 1.82) is 10.5 Å². The minimum Gasteiger partial charge on any atom is -0.494 e. The molecule has 1 saturated carbocycles. The first-order valence-corrected chi connectivity index (χ1v) is 24.4. The Labute approximate surface area is 392 Å². The number of ether oxygens (including phenoxy) is 2. The minimum absolute atomic E-state index is 0.0336. The van der Waals surface area contributed by atoms with Gasteiger partial charge < -0.3 is 20.1 Å². The van der Waals surface area contributed by atoms with Crippen LogP contribution in [0.5, 0.6) is 11.5 Å².